The Labute approximate surface area is 87.5 Å². The molecule has 0 spiro atoms. The summed E-state index contributed by atoms with van der Waals surface area (Å²) in [5.74, 6) is -1.64. The molecule has 1 fully saturated rings. The summed E-state index contributed by atoms with van der Waals surface area (Å²) in [6.07, 6.45) is -0.331. The maximum atomic E-state index is 11.6. The van der Waals surface area contributed by atoms with Crippen LogP contribution < -0.4 is 0 Å². The van der Waals surface area contributed by atoms with Crippen molar-refractivity contribution < 1.29 is 19.5 Å². The standard InChI is InChI=1S/C9H14N2O4/c1-6(12)11-4-3-10(2)9(15)7(11)5-8(13)14/h7H,3-5H2,1-2H3,(H,13,14). The van der Waals surface area contributed by atoms with E-state index in [1.807, 2.05) is 0 Å². The van der Waals surface area contributed by atoms with Gasteiger partial charge in [-0.15, -0.1) is 0 Å². The lowest BCUT2D eigenvalue weighted by Gasteiger charge is -2.37. The molecular weight excluding hydrogens is 200 g/mol. The van der Waals surface area contributed by atoms with Gasteiger partial charge in [0, 0.05) is 27.1 Å². The second-order valence-electron chi connectivity index (χ2n) is 3.59. The molecule has 15 heavy (non-hydrogen) atoms. The molecule has 1 atom stereocenters. The molecule has 0 aliphatic carbocycles. The number of carbonyl (C=O) groups is 3. The number of carbonyl (C=O) groups excluding carboxylic acids is 2. The summed E-state index contributed by atoms with van der Waals surface area (Å²) >= 11 is 0. The van der Waals surface area contributed by atoms with Crippen LogP contribution in [0.3, 0.4) is 0 Å². The third-order valence-electron chi connectivity index (χ3n) is 2.49. The van der Waals surface area contributed by atoms with Gasteiger partial charge in [0.1, 0.15) is 6.04 Å². The van der Waals surface area contributed by atoms with Crippen molar-refractivity contribution in [1.82, 2.24) is 9.80 Å². The average molecular weight is 214 g/mol. The number of amides is 2. The predicted molar refractivity (Wildman–Crippen MR) is 51.1 cm³/mol. The fourth-order valence-electron chi connectivity index (χ4n) is 1.65. The highest BCUT2D eigenvalue weighted by molar-refractivity contribution is 5.91. The van der Waals surface area contributed by atoms with Crippen LogP contribution in [0.5, 0.6) is 0 Å². The molecule has 1 saturated heterocycles. The molecule has 0 bridgehead atoms. The van der Waals surface area contributed by atoms with E-state index in [0.717, 1.165) is 0 Å². The van der Waals surface area contributed by atoms with Crippen LogP contribution in [-0.4, -0.2) is 58.9 Å². The Hall–Kier alpha value is -1.59. The minimum Gasteiger partial charge on any atom is -0.481 e. The summed E-state index contributed by atoms with van der Waals surface area (Å²) < 4.78 is 0. The molecule has 0 radical (unpaired) electrons. The van der Waals surface area contributed by atoms with Crippen LogP contribution in [0, 0.1) is 0 Å². The third kappa shape index (κ3) is 2.45. The molecule has 1 unspecified atom stereocenters. The maximum absolute atomic E-state index is 11.6. The van der Waals surface area contributed by atoms with Crippen LogP contribution in [0.15, 0.2) is 0 Å². The lowest BCUT2D eigenvalue weighted by atomic mass is 10.1. The zero-order valence-electron chi connectivity index (χ0n) is 8.77. The van der Waals surface area contributed by atoms with E-state index in [0.29, 0.717) is 13.1 Å². The van der Waals surface area contributed by atoms with E-state index < -0.39 is 12.0 Å². The van der Waals surface area contributed by atoms with Crippen molar-refractivity contribution in [3.8, 4) is 0 Å². The van der Waals surface area contributed by atoms with Gasteiger partial charge in [0.05, 0.1) is 6.42 Å². The topological polar surface area (TPSA) is 77.9 Å². The number of aliphatic carboxylic acids is 1. The predicted octanol–water partition coefficient (Wildman–Crippen LogP) is -0.850. The lowest BCUT2D eigenvalue weighted by Crippen LogP contribution is -2.57. The van der Waals surface area contributed by atoms with Gasteiger partial charge in [-0.25, -0.2) is 0 Å². The minimum absolute atomic E-state index is 0.261. The van der Waals surface area contributed by atoms with Gasteiger partial charge in [-0.2, -0.15) is 0 Å². The quantitative estimate of drug-likeness (QED) is 0.649. The van der Waals surface area contributed by atoms with Crippen molar-refractivity contribution in [2.24, 2.45) is 0 Å². The van der Waals surface area contributed by atoms with Crippen molar-refractivity contribution in [2.75, 3.05) is 20.1 Å². The largest absolute Gasteiger partial charge is 0.481 e. The Morgan fingerprint density at radius 1 is 1.47 bits per heavy atom. The van der Waals surface area contributed by atoms with Crippen LogP contribution in [0.4, 0.5) is 0 Å². The van der Waals surface area contributed by atoms with E-state index in [2.05, 4.69) is 0 Å². The van der Waals surface area contributed by atoms with Crippen LogP contribution in [0.1, 0.15) is 13.3 Å². The molecule has 0 aromatic rings. The third-order valence-corrected chi connectivity index (χ3v) is 2.49. The number of piperazine rings is 1. The Morgan fingerprint density at radius 3 is 2.53 bits per heavy atom. The zero-order chi connectivity index (χ0) is 11.6. The number of carboxylic acid groups (broad SMARTS) is 1. The molecule has 1 N–H and O–H groups in total. The van der Waals surface area contributed by atoms with Gasteiger partial charge in [0.2, 0.25) is 11.8 Å². The molecule has 1 heterocycles. The molecule has 2 amide bonds. The van der Waals surface area contributed by atoms with E-state index in [9.17, 15) is 14.4 Å². The maximum Gasteiger partial charge on any atom is 0.305 e. The lowest BCUT2D eigenvalue weighted by molar-refractivity contribution is -0.153. The highest BCUT2D eigenvalue weighted by Gasteiger charge is 2.35. The minimum atomic E-state index is -1.07. The number of nitrogens with zero attached hydrogens (tertiary/aromatic N) is 2. The molecule has 1 rings (SSSR count). The van der Waals surface area contributed by atoms with Crippen LogP contribution in [-0.2, 0) is 14.4 Å². The second-order valence-corrected chi connectivity index (χ2v) is 3.59. The molecule has 6 nitrogen and oxygen atoms in total. The van der Waals surface area contributed by atoms with Gasteiger partial charge in [-0.3, -0.25) is 14.4 Å². The summed E-state index contributed by atoms with van der Waals surface area (Å²) in [5, 5.41) is 8.66. The Morgan fingerprint density at radius 2 is 2.07 bits per heavy atom. The van der Waals surface area contributed by atoms with Gasteiger partial charge in [0.25, 0.3) is 0 Å². The van der Waals surface area contributed by atoms with E-state index in [1.165, 1.54) is 16.7 Å². The van der Waals surface area contributed by atoms with Crippen molar-refractivity contribution in [3.05, 3.63) is 0 Å². The highest BCUT2D eigenvalue weighted by atomic mass is 16.4. The van der Waals surface area contributed by atoms with Gasteiger partial charge in [-0.1, -0.05) is 0 Å². The van der Waals surface area contributed by atoms with E-state index in [4.69, 9.17) is 5.11 Å². The first kappa shape index (κ1) is 11.5. The number of hydrogen-bond donors (Lipinski definition) is 1. The molecule has 0 aromatic carbocycles. The molecular formula is C9H14N2O4. The molecule has 1 aliphatic heterocycles. The Bertz CT molecular complexity index is 302. The Kier molecular flexibility index (Phi) is 3.28. The summed E-state index contributed by atoms with van der Waals surface area (Å²) in [6, 6.07) is -0.848. The first-order chi connectivity index (χ1) is 6.93. The zero-order valence-corrected chi connectivity index (χ0v) is 8.77. The van der Waals surface area contributed by atoms with Crippen molar-refractivity contribution >= 4 is 17.8 Å². The fourth-order valence-corrected chi connectivity index (χ4v) is 1.65. The monoisotopic (exact) mass is 214 g/mol. The first-order valence-corrected chi connectivity index (χ1v) is 4.67. The number of rotatable bonds is 2. The number of carboxylic acids is 1. The Balaban J connectivity index is 2.84. The van der Waals surface area contributed by atoms with E-state index in [-0.39, 0.29) is 18.2 Å². The van der Waals surface area contributed by atoms with Gasteiger partial charge in [0.15, 0.2) is 0 Å². The van der Waals surface area contributed by atoms with Gasteiger partial charge >= 0.3 is 5.97 Å². The summed E-state index contributed by atoms with van der Waals surface area (Å²) in [7, 11) is 1.61. The van der Waals surface area contributed by atoms with Gasteiger partial charge in [-0.05, 0) is 0 Å². The second kappa shape index (κ2) is 4.29. The molecule has 0 aromatic heterocycles. The first-order valence-electron chi connectivity index (χ1n) is 4.67. The van der Waals surface area contributed by atoms with Crippen LogP contribution in [0.2, 0.25) is 0 Å². The molecule has 0 saturated carbocycles. The highest BCUT2D eigenvalue weighted by Crippen LogP contribution is 2.13. The summed E-state index contributed by atoms with van der Waals surface area (Å²) in [4.78, 5) is 36.2. The average Bonchev–Trinajstić information content (AvgIpc) is 2.12. The fraction of sp³-hybridized carbons (Fsp3) is 0.667. The van der Waals surface area contributed by atoms with Crippen LogP contribution >= 0.6 is 0 Å². The van der Waals surface area contributed by atoms with E-state index >= 15 is 0 Å². The van der Waals surface area contributed by atoms with Crippen molar-refractivity contribution in [3.63, 3.8) is 0 Å². The van der Waals surface area contributed by atoms with Crippen molar-refractivity contribution in [2.45, 2.75) is 19.4 Å². The number of hydrogen-bond acceptors (Lipinski definition) is 3. The summed E-state index contributed by atoms with van der Waals surface area (Å²) in [6.45, 7) is 2.19. The SMILES string of the molecule is CC(=O)N1CCN(C)C(=O)C1CC(=O)O. The van der Waals surface area contributed by atoms with Crippen LogP contribution in [0.25, 0.3) is 0 Å². The molecule has 6 heteroatoms. The van der Waals surface area contributed by atoms with E-state index in [1.54, 1.807) is 7.05 Å². The van der Waals surface area contributed by atoms with Crippen molar-refractivity contribution in [1.29, 1.82) is 0 Å². The molecule has 84 valence electrons. The molecule has 1 aliphatic rings. The van der Waals surface area contributed by atoms with Gasteiger partial charge < -0.3 is 14.9 Å². The number of likely N-dealkylation sites (N-methyl/N-ethyl adjacent to an activating group) is 1. The smallest absolute Gasteiger partial charge is 0.305 e. The normalized spacial score (nSPS) is 21.7. The summed E-state index contributed by atoms with van der Waals surface area (Å²) in [5.41, 5.74) is 0.